The number of rotatable bonds is 2. The van der Waals surface area contributed by atoms with Crippen molar-refractivity contribution in [2.75, 3.05) is 4.31 Å². The molecule has 22 heavy (non-hydrogen) atoms. The Morgan fingerprint density at radius 1 is 1.23 bits per heavy atom. The van der Waals surface area contributed by atoms with E-state index in [0.717, 1.165) is 10.6 Å². The highest BCUT2D eigenvalue weighted by Crippen LogP contribution is 2.43. The molecule has 0 saturated carbocycles. The maximum absolute atomic E-state index is 13.1. The number of hydrogen-bond acceptors (Lipinski definition) is 4. The van der Waals surface area contributed by atoms with E-state index >= 15 is 0 Å². The van der Waals surface area contributed by atoms with Crippen molar-refractivity contribution in [1.29, 1.82) is 0 Å². The Morgan fingerprint density at radius 3 is 2.55 bits per heavy atom. The molecule has 1 aromatic carbocycles. The Balaban J connectivity index is 2.17. The summed E-state index contributed by atoms with van der Waals surface area (Å²) in [5.74, 6) is 0.680. The molecule has 0 amide bonds. The zero-order valence-corrected chi connectivity index (χ0v) is 14.6. The van der Waals surface area contributed by atoms with E-state index in [0.29, 0.717) is 5.82 Å². The number of fused-ring (bicyclic) bond motifs is 1. The monoisotopic (exact) mass is 337 g/mol. The second kappa shape index (κ2) is 5.31. The normalized spacial score (nSPS) is 21.7. The molecule has 0 N–H and O–H groups in total. The summed E-state index contributed by atoms with van der Waals surface area (Å²) in [6, 6.07) is 7.50. The van der Waals surface area contributed by atoms with Crippen LogP contribution in [0.2, 0.25) is 0 Å². The molecular weight excluding hydrogens is 318 g/mol. The van der Waals surface area contributed by atoms with Gasteiger partial charge in [0.25, 0.3) is 10.0 Å². The van der Waals surface area contributed by atoms with Crippen molar-refractivity contribution in [2.45, 2.75) is 42.0 Å². The molecule has 7 heteroatoms. The highest BCUT2D eigenvalue weighted by Gasteiger charge is 2.38. The van der Waals surface area contributed by atoms with Crippen LogP contribution in [0.15, 0.2) is 40.4 Å². The highest BCUT2D eigenvalue weighted by atomic mass is 32.2. The first-order chi connectivity index (χ1) is 10.3. The van der Waals surface area contributed by atoms with Crippen molar-refractivity contribution < 1.29 is 8.42 Å². The van der Waals surface area contributed by atoms with Crippen LogP contribution in [0.25, 0.3) is 0 Å². The van der Waals surface area contributed by atoms with Crippen LogP contribution in [0.3, 0.4) is 0 Å². The van der Waals surface area contributed by atoms with Gasteiger partial charge in [-0.2, -0.15) is 8.42 Å². The Labute approximate surface area is 135 Å². The maximum atomic E-state index is 13.1. The molecular formula is C15H19N3O2S2. The van der Waals surface area contributed by atoms with Gasteiger partial charge in [-0.05, 0) is 26.0 Å². The zero-order chi connectivity index (χ0) is 16.1. The molecule has 118 valence electrons. The second-order valence-electron chi connectivity index (χ2n) is 5.57. The van der Waals surface area contributed by atoms with Gasteiger partial charge in [0, 0.05) is 23.4 Å². The lowest BCUT2D eigenvalue weighted by molar-refractivity contribution is 0.573. The number of anilines is 1. The van der Waals surface area contributed by atoms with Gasteiger partial charge in [-0.1, -0.05) is 19.1 Å². The molecule has 0 bridgehead atoms. The SMILES string of the molecule is Cc1nc(S(=O)(=O)N2c3ccccc3S[C@@H](C)[C@H]2C)cn1C. The smallest absolute Gasteiger partial charge is 0.283 e. The van der Waals surface area contributed by atoms with Crippen LogP contribution in [0.1, 0.15) is 19.7 Å². The fraction of sp³-hybridized carbons (Fsp3) is 0.400. The standard InChI is InChI=1S/C15H19N3O2S2/c1-10-11(2)21-14-8-6-5-7-13(14)18(10)22(19,20)15-9-17(4)12(3)16-15/h5-11H,1-4H3/t10-,11+/m1/s1. The summed E-state index contributed by atoms with van der Waals surface area (Å²) in [5.41, 5.74) is 0.737. The predicted octanol–water partition coefficient (Wildman–Crippen LogP) is 2.81. The number of thioether (sulfide) groups is 1. The number of imidazole rings is 1. The van der Waals surface area contributed by atoms with Gasteiger partial charge in [0.2, 0.25) is 0 Å². The molecule has 1 aliphatic heterocycles. The van der Waals surface area contributed by atoms with Gasteiger partial charge in [-0.3, -0.25) is 4.31 Å². The molecule has 2 atom stereocenters. The van der Waals surface area contributed by atoms with Gasteiger partial charge in [0.15, 0.2) is 5.03 Å². The molecule has 0 aliphatic carbocycles. The summed E-state index contributed by atoms with van der Waals surface area (Å²) >= 11 is 1.71. The third-order valence-corrected chi connectivity index (χ3v) is 7.21. The van der Waals surface area contributed by atoms with E-state index in [1.165, 1.54) is 4.31 Å². The summed E-state index contributed by atoms with van der Waals surface area (Å²) in [4.78, 5) is 5.21. The third kappa shape index (κ3) is 2.32. The molecule has 2 aromatic rings. The predicted molar refractivity (Wildman–Crippen MR) is 88.8 cm³/mol. The third-order valence-electron chi connectivity index (χ3n) is 4.07. The van der Waals surface area contributed by atoms with Gasteiger partial charge >= 0.3 is 0 Å². The van der Waals surface area contributed by atoms with Gasteiger partial charge < -0.3 is 4.57 Å². The van der Waals surface area contributed by atoms with Crippen LogP contribution >= 0.6 is 11.8 Å². The lowest BCUT2D eigenvalue weighted by atomic mass is 10.2. The summed E-state index contributed by atoms with van der Waals surface area (Å²) in [6.45, 7) is 5.80. The molecule has 0 radical (unpaired) electrons. The first kappa shape index (κ1) is 15.4. The minimum atomic E-state index is -3.67. The van der Waals surface area contributed by atoms with Crippen LogP contribution in [0.5, 0.6) is 0 Å². The largest absolute Gasteiger partial charge is 0.337 e. The van der Waals surface area contributed by atoms with Crippen LogP contribution < -0.4 is 4.31 Å². The first-order valence-corrected chi connectivity index (χ1v) is 9.44. The van der Waals surface area contributed by atoms with E-state index in [-0.39, 0.29) is 16.3 Å². The van der Waals surface area contributed by atoms with Crippen molar-refractivity contribution in [3.8, 4) is 0 Å². The minimum absolute atomic E-state index is 0.105. The van der Waals surface area contributed by atoms with E-state index in [9.17, 15) is 8.42 Å². The maximum Gasteiger partial charge on any atom is 0.283 e. The Morgan fingerprint density at radius 2 is 1.91 bits per heavy atom. The van der Waals surface area contributed by atoms with Crippen molar-refractivity contribution in [3.63, 3.8) is 0 Å². The molecule has 5 nitrogen and oxygen atoms in total. The molecule has 0 spiro atoms. The van der Waals surface area contributed by atoms with Gasteiger partial charge in [-0.25, -0.2) is 4.98 Å². The van der Waals surface area contributed by atoms with E-state index in [1.807, 2.05) is 31.2 Å². The van der Waals surface area contributed by atoms with Crippen LogP contribution in [0, 0.1) is 6.92 Å². The van der Waals surface area contributed by atoms with Crippen molar-refractivity contribution in [2.24, 2.45) is 7.05 Å². The fourth-order valence-electron chi connectivity index (χ4n) is 2.55. The van der Waals surface area contributed by atoms with Crippen molar-refractivity contribution in [3.05, 3.63) is 36.3 Å². The number of aryl methyl sites for hydroxylation is 2. The number of benzene rings is 1. The molecule has 0 unspecified atom stereocenters. The quantitative estimate of drug-likeness (QED) is 0.845. The van der Waals surface area contributed by atoms with E-state index in [2.05, 4.69) is 11.9 Å². The minimum Gasteiger partial charge on any atom is -0.337 e. The highest BCUT2D eigenvalue weighted by molar-refractivity contribution is 8.00. The zero-order valence-electron chi connectivity index (χ0n) is 13.0. The fourth-order valence-corrected chi connectivity index (χ4v) is 5.62. The van der Waals surface area contributed by atoms with Crippen LogP contribution in [-0.4, -0.2) is 29.3 Å². The second-order valence-corrected chi connectivity index (χ2v) is 8.75. The number of nitrogens with zero attached hydrogens (tertiary/aromatic N) is 3. The van der Waals surface area contributed by atoms with E-state index < -0.39 is 10.0 Å². The van der Waals surface area contributed by atoms with Gasteiger partial charge in [0.1, 0.15) is 5.82 Å². The summed E-state index contributed by atoms with van der Waals surface area (Å²) in [6.07, 6.45) is 1.58. The summed E-state index contributed by atoms with van der Waals surface area (Å²) in [5, 5.41) is 0.280. The van der Waals surface area contributed by atoms with Crippen molar-refractivity contribution in [1.82, 2.24) is 9.55 Å². The molecule has 3 rings (SSSR count). The molecule has 1 aromatic heterocycles. The number of hydrogen-bond donors (Lipinski definition) is 0. The van der Waals surface area contributed by atoms with Crippen LogP contribution in [-0.2, 0) is 17.1 Å². The first-order valence-electron chi connectivity index (χ1n) is 7.12. The molecule has 2 heterocycles. The lowest BCUT2D eigenvalue weighted by Crippen LogP contribution is -2.46. The van der Waals surface area contributed by atoms with Crippen LogP contribution in [0.4, 0.5) is 5.69 Å². The number of sulfonamides is 1. The molecule has 0 saturated heterocycles. The van der Waals surface area contributed by atoms with Gasteiger partial charge in [0.05, 0.1) is 11.7 Å². The average Bonchev–Trinajstić information content (AvgIpc) is 2.80. The topological polar surface area (TPSA) is 55.2 Å². The molecule has 1 aliphatic rings. The van der Waals surface area contributed by atoms with Gasteiger partial charge in [-0.15, -0.1) is 11.8 Å². The van der Waals surface area contributed by atoms with E-state index in [4.69, 9.17) is 0 Å². The average molecular weight is 337 g/mol. The van der Waals surface area contributed by atoms with E-state index in [1.54, 1.807) is 36.5 Å². The summed E-state index contributed by atoms with van der Waals surface area (Å²) < 4.78 is 29.5. The van der Waals surface area contributed by atoms with Crippen molar-refractivity contribution >= 4 is 27.5 Å². The summed E-state index contributed by atoms with van der Waals surface area (Å²) in [7, 11) is -1.87. The lowest BCUT2D eigenvalue weighted by Gasteiger charge is -2.38. The Kier molecular flexibility index (Phi) is 3.72. The Hall–Kier alpha value is -1.47. The number of para-hydroxylation sites is 1. The molecule has 0 fully saturated rings. The number of aromatic nitrogens is 2. The Bertz CT molecular complexity index is 794.